The van der Waals surface area contributed by atoms with Gasteiger partial charge >= 0.3 is 11.9 Å². The van der Waals surface area contributed by atoms with Crippen LogP contribution in [0, 0.1) is 0 Å². The van der Waals surface area contributed by atoms with Crippen LogP contribution in [0.25, 0.3) is 0 Å². The normalized spacial score (nSPS) is 15.4. The Labute approximate surface area is 69.1 Å². The summed E-state index contributed by atoms with van der Waals surface area (Å²) in [5.41, 5.74) is 0. The molecule has 1 rings (SSSR count). The van der Waals surface area contributed by atoms with E-state index in [-0.39, 0.29) is 0 Å². The van der Waals surface area contributed by atoms with Crippen molar-refractivity contribution < 1.29 is 24.5 Å². The van der Waals surface area contributed by atoms with Crippen molar-refractivity contribution in [1.29, 1.82) is 0 Å². The lowest BCUT2D eigenvalue weighted by Gasteiger charge is -2.24. The first kappa shape index (κ1) is 10.9. The van der Waals surface area contributed by atoms with Crippen LogP contribution in [0.5, 0.6) is 0 Å². The predicted octanol–water partition coefficient (Wildman–Crippen LogP) is -1.24. The van der Waals surface area contributed by atoms with E-state index in [1.54, 1.807) is 0 Å². The summed E-state index contributed by atoms with van der Waals surface area (Å²) < 4.78 is 4.86. The monoisotopic (exact) mass is 177 g/mol. The minimum Gasteiger partial charge on any atom is -0.473 e. The lowest BCUT2D eigenvalue weighted by atomic mass is 10.3. The van der Waals surface area contributed by atoms with E-state index in [1.165, 1.54) is 0 Å². The number of nitrogens with one attached hydrogen (secondary N) is 1. The van der Waals surface area contributed by atoms with Gasteiger partial charge in [-0.15, -0.1) is 0 Å². The summed E-state index contributed by atoms with van der Waals surface area (Å²) in [7, 11) is 1.95. The van der Waals surface area contributed by atoms with E-state index in [9.17, 15) is 0 Å². The zero-order valence-electron chi connectivity index (χ0n) is 6.61. The van der Waals surface area contributed by atoms with Gasteiger partial charge in [-0.05, 0) is 7.05 Å². The molecule has 0 aliphatic carbocycles. The number of hydrogen-bond acceptors (Lipinski definition) is 4. The first-order valence-electron chi connectivity index (χ1n) is 3.29. The fraction of sp³-hybridized carbons (Fsp3) is 0.667. The molecular formula is C6H11NO5. The predicted molar refractivity (Wildman–Crippen MR) is 38.9 cm³/mol. The van der Waals surface area contributed by atoms with Crippen molar-refractivity contribution in [1.82, 2.24) is 5.32 Å². The minimum absolute atomic E-state index is 0.644. The fourth-order valence-corrected chi connectivity index (χ4v) is 0.402. The molecule has 0 aromatic heterocycles. The third-order valence-electron chi connectivity index (χ3n) is 1.23. The van der Waals surface area contributed by atoms with Crippen LogP contribution in [0.4, 0.5) is 0 Å². The Morgan fingerprint density at radius 3 is 1.75 bits per heavy atom. The third-order valence-corrected chi connectivity index (χ3v) is 1.23. The van der Waals surface area contributed by atoms with Gasteiger partial charge in [0.25, 0.3) is 0 Å². The Bertz CT molecular complexity index is 151. The van der Waals surface area contributed by atoms with Crippen LogP contribution < -0.4 is 5.32 Å². The molecule has 0 spiro atoms. The highest BCUT2D eigenvalue weighted by atomic mass is 16.5. The Balaban J connectivity index is 0.000000202. The topological polar surface area (TPSA) is 95.9 Å². The molecule has 70 valence electrons. The molecule has 0 radical (unpaired) electrons. The highest BCUT2D eigenvalue weighted by Crippen LogP contribution is 1.96. The van der Waals surface area contributed by atoms with Crippen LogP contribution in [0.15, 0.2) is 0 Å². The van der Waals surface area contributed by atoms with Gasteiger partial charge < -0.3 is 20.3 Å². The summed E-state index contributed by atoms with van der Waals surface area (Å²) in [5, 5.41) is 17.9. The van der Waals surface area contributed by atoms with Crippen LogP contribution in [0.2, 0.25) is 0 Å². The maximum atomic E-state index is 9.10. The highest BCUT2D eigenvalue weighted by Gasteiger charge is 2.13. The zero-order valence-corrected chi connectivity index (χ0v) is 6.61. The van der Waals surface area contributed by atoms with E-state index in [0.717, 1.165) is 13.2 Å². The van der Waals surface area contributed by atoms with Crippen molar-refractivity contribution in [3.8, 4) is 0 Å². The molecule has 1 saturated heterocycles. The van der Waals surface area contributed by atoms with E-state index in [1.807, 2.05) is 7.05 Å². The second-order valence-electron chi connectivity index (χ2n) is 2.13. The molecule has 0 bridgehead atoms. The molecule has 6 heteroatoms. The zero-order chi connectivity index (χ0) is 9.56. The summed E-state index contributed by atoms with van der Waals surface area (Å²) in [5.74, 6) is -3.65. The number of carboxylic acid groups (broad SMARTS) is 2. The minimum atomic E-state index is -1.82. The second-order valence-corrected chi connectivity index (χ2v) is 2.13. The SMILES string of the molecule is CNC1COC1.O=C(O)C(=O)O. The number of rotatable bonds is 1. The van der Waals surface area contributed by atoms with Gasteiger partial charge in [-0.3, -0.25) is 0 Å². The molecule has 1 aliphatic rings. The Morgan fingerprint density at radius 2 is 1.75 bits per heavy atom. The van der Waals surface area contributed by atoms with Crippen LogP contribution in [-0.2, 0) is 14.3 Å². The molecule has 0 unspecified atom stereocenters. The summed E-state index contributed by atoms with van der Waals surface area (Å²) >= 11 is 0. The smallest absolute Gasteiger partial charge is 0.414 e. The number of ether oxygens (including phenoxy) is 1. The molecule has 0 saturated carbocycles. The number of carboxylic acids is 2. The molecule has 0 atom stereocenters. The van der Waals surface area contributed by atoms with Gasteiger partial charge in [0, 0.05) is 0 Å². The van der Waals surface area contributed by atoms with Crippen molar-refractivity contribution in [3.05, 3.63) is 0 Å². The largest absolute Gasteiger partial charge is 0.473 e. The molecule has 1 aliphatic heterocycles. The van der Waals surface area contributed by atoms with Crippen LogP contribution in [0.1, 0.15) is 0 Å². The third kappa shape index (κ3) is 4.64. The summed E-state index contributed by atoms with van der Waals surface area (Å²) in [4.78, 5) is 18.2. The average molecular weight is 177 g/mol. The maximum absolute atomic E-state index is 9.10. The summed E-state index contributed by atoms with van der Waals surface area (Å²) in [6, 6.07) is 0.644. The molecule has 0 aromatic rings. The van der Waals surface area contributed by atoms with Crippen LogP contribution in [-0.4, -0.2) is 48.5 Å². The van der Waals surface area contributed by atoms with Gasteiger partial charge in [0.15, 0.2) is 0 Å². The van der Waals surface area contributed by atoms with E-state index < -0.39 is 11.9 Å². The highest BCUT2D eigenvalue weighted by molar-refractivity contribution is 6.27. The number of aliphatic carboxylic acids is 2. The van der Waals surface area contributed by atoms with Crippen LogP contribution >= 0.6 is 0 Å². The van der Waals surface area contributed by atoms with Crippen LogP contribution in [0.3, 0.4) is 0 Å². The van der Waals surface area contributed by atoms with Gasteiger partial charge in [-0.1, -0.05) is 0 Å². The molecule has 3 N–H and O–H groups in total. The molecule has 12 heavy (non-hydrogen) atoms. The van der Waals surface area contributed by atoms with E-state index in [2.05, 4.69) is 5.32 Å². The molecule has 0 amide bonds. The Hall–Kier alpha value is -1.14. The summed E-state index contributed by atoms with van der Waals surface area (Å²) in [6.45, 7) is 1.80. The van der Waals surface area contributed by atoms with Gasteiger partial charge in [0.1, 0.15) is 0 Å². The molecule has 6 nitrogen and oxygen atoms in total. The van der Waals surface area contributed by atoms with Gasteiger partial charge in [0.2, 0.25) is 0 Å². The Morgan fingerprint density at radius 1 is 1.33 bits per heavy atom. The van der Waals surface area contributed by atoms with Crippen molar-refractivity contribution in [3.63, 3.8) is 0 Å². The fourth-order valence-electron chi connectivity index (χ4n) is 0.402. The maximum Gasteiger partial charge on any atom is 0.414 e. The summed E-state index contributed by atoms with van der Waals surface area (Å²) in [6.07, 6.45) is 0. The van der Waals surface area contributed by atoms with E-state index >= 15 is 0 Å². The van der Waals surface area contributed by atoms with Crippen molar-refractivity contribution >= 4 is 11.9 Å². The Kier molecular flexibility index (Phi) is 4.98. The molecule has 1 heterocycles. The van der Waals surface area contributed by atoms with E-state index in [0.29, 0.717) is 6.04 Å². The lowest BCUT2D eigenvalue weighted by Crippen LogP contribution is -2.43. The average Bonchev–Trinajstić information content (AvgIpc) is 1.86. The van der Waals surface area contributed by atoms with Crippen molar-refractivity contribution in [2.45, 2.75) is 6.04 Å². The second kappa shape index (κ2) is 5.50. The van der Waals surface area contributed by atoms with Crippen molar-refractivity contribution in [2.24, 2.45) is 0 Å². The number of carbonyl (C=O) groups is 2. The first-order valence-corrected chi connectivity index (χ1v) is 3.29. The van der Waals surface area contributed by atoms with Crippen molar-refractivity contribution in [2.75, 3.05) is 20.3 Å². The quantitative estimate of drug-likeness (QED) is 0.433. The first-order chi connectivity index (χ1) is 5.57. The number of likely N-dealkylation sites (N-methyl/N-ethyl adjacent to an activating group) is 1. The number of hydrogen-bond donors (Lipinski definition) is 3. The van der Waals surface area contributed by atoms with Gasteiger partial charge in [0.05, 0.1) is 19.3 Å². The lowest BCUT2D eigenvalue weighted by molar-refractivity contribution is -0.159. The van der Waals surface area contributed by atoms with E-state index in [4.69, 9.17) is 24.5 Å². The molecular weight excluding hydrogens is 166 g/mol. The molecule has 0 aromatic carbocycles. The standard InChI is InChI=1S/C4H9NO.C2H2O4/c1-5-4-2-6-3-4;3-1(4)2(5)6/h4-5H,2-3H2,1H3;(H,3,4)(H,5,6). The molecule has 1 fully saturated rings. The van der Waals surface area contributed by atoms with Gasteiger partial charge in [-0.25, -0.2) is 9.59 Å². The van der Waals surface area contributed by atoms with Gasteiger partial charge in [-0.2, -0.15) is 0 Å².